The molecular weight excluding hydrogens is 360 g/mol. The van der Waals surface area contributed by atoms with E-state index >= 15 is 0 Å². The minimum absolute atomic E-state index is 0.0272. The summed E-state index contributed by atoms with van der Waals surface area (Å²) in [5.74, 6) is 2.57. The van der Waals surface area contributed by atoms with Crippen molar-refractivity contribution in [3.63, 3.8) is 0 Å². The van der Waals surface area contributed by atoms with Gasteiger partial charge in [0.25, 0.3) is 0 Å². The van der Waals surface area contributed by atoms with Crippen molar-refractivity contribution in [2.75, 3.05) is 21.3 Å². The fourth-order valence-corrected chi connectivity index (χ4v) is 6.21. The Balaban J connectivity index is 1.72. The lowest BCUT2D eigenvalue weighted by molar-refractivity contribution is 0.106. The lowest BCUT2D eigenvalue weighted by Gasteiger charge is -2.47. The number of hydrogen-bond donors (Lipinski definition) is 0. The highest BCUT2D eigenvalue weighted by molar-refractivity contribution is 5.59. The molecule has 1 saturated carbocycles. The fourth-order valence-electron chi connectivity index (χ4n) is 6.21. The Bertz CT molecular complexity index is 943. The molecule has 2 aromatic rings. The van der Waals surface area contributed by atoms with Gasteiger partial charge in [0.1, 0.15) is 11.5 Å². The SMILES string of the molecule is COc1ccc(C23CCC4CC(OC)CC4=C2CCc2cc(OC)ccc23)cc1. The molecule has 3 unspecified atom stereocenters. The van der Waals surface area contributed by atoms with E-state index in [0.29, 0.717) is 12.0 Å². The highest BCUT2D eigenvalue weighted by Gasteiger charge is 2.49. The zero-order valence-corrected chi connectivity index (χ0v) is 17.7. The molecule has 5 rings (SSSR count). The zero-order chi connectivity index (χ0) is 20.0. The molecule has 3 nitrogen and oxygen atoms in total. The number of allylic oxidation sites excluding steroid dienone is 1. The first kappa shape index (κ1) is 18.7. The maximum absolute atomic E-state index is 5.78. The number of fused-ring (bicyclic) bond motifs is 4. The Hall–Kier alpha value is -2.26. The van der Waals surface area contributed by atoms with Gasteiger partial charge in [-0.1, -0.05) is 29.3 Å². The highest BCUT2D eigenvalue weighted by atomic mass is 16.5. The summed E-state index contributed by atoms with van der Waals surface area (Å²) in [6, 6.07) is 15.5. The molecule has 0 spiro atoms. The summed E-state index contributed by atoms with van der Waals surface area (Å²) in [7, 11) is 5.36. The van der Waals surface area contributed by atoms with E-state index in [4.69, 9.17) is 14.2 Å². The summed E-state index contributed by atoms with van der Waals surface area (Å²) >= 11 is 0. The van der Waals surface area contributed by atoms with E-state index < -0.39 is 0 Å². The summed E-state index contributed by atoms with van der Waals surface area (Å²) in [6.45, 7) is 0. The summed E-state index contributed by atoms with van der Waals surface area (Å²) in [5, 5.41) is 0. The maximum atomic E-state index is 5.78. The average Bonchev–Trinajstić information content (AvgIpc) is 3.22. The summed E-state index contributed by atoms with van der Waals surface area (Å²) in [5.41, 5.74) is 7.61. The average molecular weight is 391 g/mol. The van der Waals surface area contributed by atoms with Crippen molar-refractivity contribution in [1.82, 2.24) is 0 Å². The van der Waals surface area contributed by atoms with Gasteiger partial charge in [-0.3, -0.25) is 0 Å². The molecular formula is C26H30O3. The zero-order valence-electron chi connectivity index (χ0n) is 17.7. The number of aryl methyl sites for hydroxylation is 1. The minimum atomic E-state index is -0.0272. The third kappa shape index (κ3) is 2.82. The summed E-state index contributed by atoms with van der Waals surface area (Å²) < 4.78 is 16.8. The van der Waals surface area contributed by atoms with Gasteiger partial charge in [0.2, 0.25) is 0 Å². The van der Waals surface area contributed by atoms with Crippen molar-refractivity contribution < 1.29 is 14.2 Å². The van der Waals surface area contributed by atoms with Crippen LogP contribution in [0.25, 0.3) is 0 Å². The highest BCUT2D eigenvalue weighted by Crippen LogP contribution is 2.58. The molecule has 0 bridgehead atoms. The summed E-state index contributed by atoms with van der Waals surface area (Å²) in [4.78, 5) is 0. The third-order valence-corrected chi connectivity index (χ3v) is 7.59. The van der Waals surface area contributed by atoms with Crippen molar-refractivity contribution >= 4 is 0 Å². The first-order valence-corrected chi connectivity index (χ1v) is 10.8. The minimum Gasteiger partial charge on any atom is -0.497 e. The largest absolute Gasteiger partial charge is 0.497 e. The normalized spacial score (nSPS) is 27.8. The number of hydrogen-bond acceptors (Lipinski definition) is 3. The lowest BCUT2D eigenvalue weighted by Crippen LogP contribution is -2.39. The Kier molecular flexibility index (Phi) is 4.66. The second-order valence-corrected chi connectivity index (χ2v) is 8.69. The van der Waals surface area contributed by atoms with Crippen LogP contribution >= 0.6 is 0 Å². The molecule has 1 fully saturated rings. The van der Waals surface area contributed by atoms with Crippen LogP contribution in [0.2, 0.25) is 0 Å². The molecule has 3 aliphatic carbocycles. The maximum Gasteiger partial charge on any atom is 0.119 e. The molecule has 0 radical (unpaired) electrons. The van der Waals surface area contributed by atoms with E-state index in [0.717, 1.165) is 30.8 Å². The van der Waals surface area contributed by atoms with Crippen LogP contribution in [0.15, 0.2) is 53.6 Å². The molecule has 0 N–H and O–H groups in total. The van der Waals surface area contributed by atoms with E-state index in [9.17, 15) is 0 Å². The molecule has 3 atom stereocenters. The number of rotatable bonds is 4. The molecule has 3 aliphatic rings. The number of benzene rings is 2. The topological polar surface area (TPSA) is 27.7 Å². The van der Waals surface area contributed by atoms with Gasteiger partial charge in [0.15, 0.2) is 0 Å². The van der Waals surface area contributed by atoms with Crippen LogP contribution in [0.3, 0.4) is 0 Å². The van der Waals surface area contributed by atoms with Crippen molar-refractivity contribution in [3.05, 3.63) is 70.3 Å². The van der Waals surface area contributed by atoms with Crippen molar-refractivity contribution in [1.29, 1.82) is 0 Å². The second kappa shape index (κ2) is 7.21. The first-order chi connectivity index (χ1) is 14.2. The first-order valence-electron chi connectivity index (χ1n) is 10.8. The number of ether oxygens (including phenoxy) is 3. The van der Waals surface area contributed by atoms with Crippen molar-refractivity contribution in [3.8, 4) is 11.5 Å². The van der Waals surface area contributed by atoms with Crippen LogP contribution < -0.4 is 9.47 Å². The standard InChI is InChI=1S/C26H30O3/c1-27-20-7-5-19(6-8-20)26-13-12-17-14-22(29-3)16-23(17)25(26)10-4-18-15-21(28-2)9-11-24(18)26/h5-9,11,15,17,22H,4,10,12-14,16H2,1-3H3. The van der Waals surface area contributed by atoms with Gasteiger partial charge in [-0.25, -0.2) is 0 Å². The van der Waals surface area contributed by atoms with E-state index in [2.05, 4.69) is 42.5 Å². The van der Waals surface area contributed by atoms with Crippen LogP contribution in [0.5, 0.6) is 11.5 Å². The van der Waals surface area contributed by atoms with Gasteiger partial charge < -0.3 is 14.2 Å². The Morgan fingerprint density at radius 2 is 1.66 bits per heavy atom. The van der Waals surface area contributed by atoms with E-state index in [1.54, 1.807) is 25.4 Å². The van der Waals surface area contributed by atoms with Crippen LogP contribution in [-0.4, -0.2) is 27.4 Å². The molecule has 0 aromatic heterocycles. The monoisotopic (exact) mass is 390 g/mol. The predicted octanol–water partition coefficient (Wildman–Crippen LogP) is 5.45. The van der Waals surface area contributed by atoms with Gasteiger partial charge in [-0.2, -0.15) is 0 Å². The molecule has 2 aromatic carbocycles. The van der Waals surface area contributed by atoms with Crippen molar-refractivity contribution in [2.24, 2.45) is 5.92 Å². The van der Waals surface area contributed by atoms with Crippen LogP contribution in [0.1, 0.15) is 48.8 Å². The smallest absolute Gasteiger partial charge is 0.119 e. The van der Waals surface area contributed by atoms with E-state index in [1.165, 1.54) is 36.0 Å². The van der Waals surface area contributed by atoms with Gasteiger partial charge in [0, 0.05) is 12.5 Å². The molecule has 0 heterocycles. The summed E-state index contributed by atoms with van der Waals surface area (Å²) in [6.07, 6.45) is 7.28. The molecule has 0 amide bonds. The number of methoxy groups -OCH3 is 3. The Labute approximate surface area is 173 Å². The second-order valence-electron chi connectivity index (χ2n) is 8.69. The predicted molar refractivity (Wildman–Crippen MR) is 115 cm³/mol. The van der Waals surface area contributed by atoms with E-state index in [-0.39, 0.29) is 5.41 Å². The quantitative estimate of drug-likeness (QED) is 0.650. The Morgan fingerprint density at radius 1 is 0.897 bits per heavy atom. The Morgan fingerprint density at radius 3 is 2.38 bits per heavy atom. The molecule has 3 heteroatoms. The molecule has 0 saturated heterocycles. The van der Waals surface area contributed by atoms with Crippen LogP contribution in [-0.2, 0) is 16.6 Å². The van der Waals surface area contributed by atoms with E-state index in [1.807, 2.05) is 7.11 Å². The lowest BCUT2D eigenvalue weighted by atomic mass is 9.56. The fraction of sp³-hybridized carbons (Fsp3) is 0.462. The molecule has 29 heavy (non-hydrogen) atoms. The third-order valence-electron chi connectivity index (χ3n) is 7.59. The van der Waals surface area contributed by atoms with Gasteiger partial charge >= 0.3 is 0 Å². The van der Waals surface area contributed by atoms with Crippen LogP contribution in [0, 0.1) is 5.92 Å². The van der Waals surface area contributed by atoms with Gasteiger partial charge in [-0.15, -0.1) is 0 Å². The molecule has 0 aliphatic heterocycles. The van der Waals surface area contributed by atoms with Gasteiger partial charge in [-0.05, 0) is 85.4 Å². The molecule has 152 valence electrons. The van der Waals surface area contributed by atoms with Gasteiger partial charge in [0.05, 0.1) is 20.3 Å². The van der Waals surface area contributed by atoms with Crippen molar-refractivity contribution in [2.45, 2.75) is 50.0 Å². The van der Waals surface area contributed by atoms with Crippen LogP contribution in [0.4, 0.5) is 0 Å².